The van der Waals surface area contributed by atoms with Crippen molar-refractivity contribution < 1.29 is 14.3 Å². The smallest absolute Gasteiger partial charge is 0.330 e. The van der Waals surface area contributed by atoms with Crippen molar-refractivity contribution in [3.05, 3.63) is 28.5 Å². The molecule has 0 aliphatic carbocycles. The second-order valence-corrected chi connectivity index (χ2v) is 4.66. The molecule has 1 N–H and O–H groups in total. The van der Waals surface area contributed by atoms with Crippen molar-refractivity contribution in [3.8, 4) is 0 Å². The Balaban J connectivity index is 2.87. The van der Waals surface area contributed by atoms with Gasteiger partial charge >= 0.3 is 5.97 Å². The maximum absolute atomic E-state index is 11.9. The molecule has 0 fully saturated rings. The minimum Gasteiger partial charge on any atom is -0.467 e. The van der Waals surface area contributed by atoms with Gasteiger partial charge in [0.15, 0.2) is 0 Å². The molecule has 5 nitrogen and oxygen atoms in total. The van der Waals surface area contributed by atoms with E-state index >= 15 is 0 Å². The summed E-state index contributed by atoms with van der Waals surface area (Å²) in [7, 11) is 1.27. The molecule has 0 atom stereocenters. The van der Waals surface area contributed by atoms with E-state index in [-0.39, 0.29) is 5.91 Å². The Morgan fingerprint density at radius 2 is 2.12 bits per heavy atom. The Hall–Kier alpha value is -1.43. The lowest BCUT2D eigenvalue weighted by Crippen LogP contribution is -2.50. The van der Waals surface area contributed by atoms with Crippen LogP contribution in [-0.2, 0) is 9.53 Å². The monoisotopic (exact) mass is 300 g/mol. The van der Waals surface area contributed by atoms with Gasteiger partial charge in [-0.05, 0) is 41.9 Å². The molecule has 0 aliphatic heterocycles. The Labute approximate surface area is 108 Å². The average Bonchev–Trinajstić information content (AvgIpc) is 2.27. The zero-order valence-electron chi connectivity index (χ0n) is 9.78. The summed E-state index contributed by atoms with van der Waals surface area (Å²) in [5.74, 6) is -0.897. The van der Waals surface area contributed by atoms with Crippen LogP contribution in [0.2, 0.25) is 0 Å². The predicted octanol–water partition coefficient (Wildman–Crippen LogP) is 1.53. The van der Waals surface area contributed by atoms with Crippen molar-refractivity contribution in [3.63, 3.8) is 0 Å². The zero-order valence-corrected chi connectivity index (χ0v) is 11.4. The minimum absolute atomic E-state index is 0.365. The molecule has 92 valence electrons. The highest BCUT2D eigenvalue weighted by molar-refractivity contribution is 9.10. The van der Waals surface area contributed by atoms with E-state index in [1.807, 2.05) is 0 Å². The van der Waals surface area contributed by atoms with Crippen molar-refractivity contribution >= 4 is 27.8 Å². The van der Waals surface area contributed by atoms with Crippen molar-refractivity contribution in [2.24, 2.45) is 0 Å². The average molecular weight is 301 g/mol. The lowest BCUT2D eigenvalue weighted by Gasteiger charge is -2.23. The van der Waals surface area contributed by atoms with Gasteiger partial charge in [-0.15, -0.1) is 0 Å². The summed E-state index contributed by atoms with van der Waals surface area (Å²) in [5.41, 5.74) is -0.717. The first-order valence-electron chi connectivity index (χ1n) is 4.90. The summed E-state index contributed by atoms with van der Waals surface area (Å²) in [6.07, 6.45) is 1.56. The van der Waals surface area contributed by atoms with Crippen molar-refractivity contribution in [1.82, 2.24) is 10.3 Å². The summed E-state index contributed by atoms with van der Waals surface area (Å²) in [6.45, 7) is 3.14. The Morgan fingerprint density at radius 1 is 1.47 bits per heavy atom. The Kier molecular flexibility index (Phi) is 4.22. The molecule has 0 saturated heterocycles. The van der Waals surface area contributed by atoms with Gasteiger partial charge in [-0.3, -0.25) is 4.79 Å². The number of ether oxygens (including phenoxy) is 1. The van der Waals surface area contributed by atoms with Crippen LogP contribution in [0.5, 0.6) is 0 Å². The Bertz CT molecular complexity index is 446. The van der Waals surface area contributed by atoms with Crippen molar-refractivity contribution in [2.45, 2.75) is 19.4 Å². The van der Waals surface area contributed by atoms with Crippen LogP contribution in [0.3, 0.4) is 0 Å². The number of esters is 1. The second-order valence-electron chi connectivity index (χ2n) is 3.91. The van der Waals surface area contributed by atoms with Gasteiger partial charge in [0.05, 0.1) is 12.7 Å². The molecule has 0 aliphatic rings. The minimum atomic E-state index is -1.08. The summed E-state index contributed by atoms with van der Waals surface area (Å²) in [6, 6.07) is 3.25. The summed E-state index contributed by atoms with van der Waals surface area (Å²) < 4.78 is 5.03. The number of rotatable bonds is 3. The standard InChI is InChI=1S/C11H13BrN2O3/c1-11(2,10(16)17-3)14-9(15)7-5-4-6-13-8(7)12/h4-6H,1-3H3,(H,14,15). The number of pyridine rings is 1. The van der Waals surface area contributed by atoms with Gasteiger partial charge in [0.2, 0.25) is 0 Å². The van der Waals surface area contributed by atoms with Crippen LogP contribution in [0.25, 0.3) is 0 Å². The Morgan fingerprint density at radius 3 is 2.65 bits per heavy atom. The van der Waals surface area contributed by atoms with E-state index in [0.29, 0.717) is 10.2 Å². The van der Waals surface area contributed by atoms with Crippen LogP contribution in [0, 0.1) is 0 Å². The third-order valence-corrected chi connectivity index (χ3v) is 2.76. The van der Waals surface area contributed by atoms with Gasteiger partial charge in [0, 0.05) is 6.20 Å². The first-order valence-corrected chi connectivity index (χ1v) is 5.69. The molecule has 17 heavy (non-hydrogen) atoms. The highest BCUT2D eigenvalue weighted by Gasteiger charge is 2.31. The lowest BCUT2D eigenvalue weighted by molar-refractivity contribution is -0.146. The van der Waals surface area contributed by atoms with Crippen molar-refractivity contribution in [2.75, 3.05) is 7.11 Å². The van der Waals surface area contributed by atoms with Crippen LogP contribution < -0.4 is 5.32 Å². The van der Waals surface area contributed by atoms with Gasteiger partial charge in [-0.25, -0.2) is 9.78 Å². The number of nitrogens with zero attached hydrogens (tertiary/aromatic N) is 1. The van der Waals surface area contributed by atoms with Crippen LogP contribution in [0.1, 0.15) is 24.2 Å². The molecule has 0 bridgehead atoms. The van der Waals surface area contributed by atoms with E-state index in [1.54, 1.807) is 32.2 Å². The largest absolute Gasteiger partial charge is 0.467 e. The highest BCUT2D eigenvalue weighted by Crippen LogP contribution is 2.14. The predicted molar refractivity (Wildman–Crippen MR) is 65.5 cm³/mol. The van der Waals surface area contributed by atoms with E-state index in [2.05, 4.69) is 31.0 Å². The van der Waals surface area contributed by atoms with E-state index in [1.165, 1.54) is 7.11 Å². The van der Waals surface area contributed by atoms with Crippen LogP contribution in [-0.4, -0.2) is 29.5 Å². The fraction of sp³-hybridized carbons (Fsp3) is 0.364. The van der Waals surface area contributed by atoms with E-state index in [0.717, 1.165) is 0 Å². The number of hydrogen-bond donors (Lipinski definition) is 1. The molecule has 1 heterocycles. The molecule has 0 saturated carbocycles. The van der Waals surface area contributed by atoms with Gasteiger partial charge < -0.3 is 10.1 Å². The third-order valence-electron chi connectivity index (χ3n) is 2.13. The fourth-order valence-electron chi connectivity index (χ4n) is 1.21. The molecule has 1 amide bonds. The molecule has 0 spiro atoms. The number of aromatic nitrogens is 1. The van der Waals surface area contributed by atoms with Gasteiger partial charge in [-0.2, -0.15) is 0 Å². The third kappa shape index (κ3) is 3.26. The maximum Gasteiger partial charge on any atom is 0.330 e. The molecule has 1 rings (SSSR count). The molecule has 0 radical (unpaired) electrons. The van der Waals surface area contributed by atoms with E-state index in [9.17, 15) is 9.59 Å². The molecule has 0 unspecified atom stereocenters. The summed E-state index contributed by atoms with van der Waals surface area (Å²) in [5, 5.41) is 2.58. The fourth-order valence-corrected chi connectivity index (χ4v) is 1.64. The van der Waals surface area contributed by atoms with Crippen LogP contribution >= 0.6 is 15.9 Å². The molecule has 6 heteroatoms. The normalized spacial score (nSPS) is 10.8. The van der Waals surface area contributed by atoms with Gasteiger partial charge in [0.25, 0.3) is 5.91 Å². The van der Waals surface area contributed by atoms with Gasteiger partial charge in [-0.1, -0.05) is 0 Å². The summed E-state index contributed by atoms with van der Waals surface area (Å²) in [4.78, 5) is 27.3. The zero-order chi connectivity index (χ0) is 13.1. The first kappa shape index (κ1) is 13.6. The molecule has 1 aromatic rings. The number of hydrogen-bond acceptors (Lipinski definition) is 4. The topological polar surface area (TPSA) is 68.3 Å². The highest BCUT2D eigenvalue weighted by atomic mass is 79.9. The number of halogens is 1. The number of carbonyl (C=O) groups excluding carboxylic acids is 2. The summed E-state index contributed by atoms with van der Waals surface area (Å²) >= 11 is 3.17. The first-order chi connectivity index (χ1) is 7.88. The second kappa shape index (κ2) is 5.27. The molecule has 0 aromatic carbocycles. The van der Waals surface area contributed by atoms with E-state index in [4.69, 9.17) is 0 Å². The molecular weight excluding hydrogens is 288 g/mol. The van der Waals surface area contributed by atoms with Gasteiger partial charge in [0.1, 0.15) is 10.1 Å². The maximum atomic E-state index is 11.9. The van der Waals surface area contributed by atoms with Crippen molar-refractivity contribution in [1.29, 1.82) is 0 Å². The van der Waals surface area contributed by atoms with Crippen LogP contribution in [0.4, 0.5) is 0 Å². The van der Waals surface area contributed by atoms with Crippen LogP contribution in [0.15, 0.2) is 22.9 Å². The lowest BCUT2D eigenvalue weighted by atomic mass is 10.1. The number of amides is 1. The van der Waals surface area contributed by atoms with E-state index < -0.39 is 11.5 Å². The SMILES string of the molecule is COC(=O)C(C)(C)NC(=O)c1cccnc1Br. The number of carbonyl (C=O) groups is 2. The number of methoxy groups -OCH3 is 1. The molecule has 1 aromatic heterocycles. The quantitative estimate of drug-likeness (QED) is 0.679. The molecular formula is C11H13BrN2O3. The number of nitrogens with one attached hydrogen (secondary N) is 1.